The first-order valence-electron chi connectivity index (χ1n) is 5.40. The molecular formula is C12H18N2. The van der Waals surface area contributed by atoms with Crippen molar-refractivity contribution in [1.82, 2.24) is 4.98 Å². The summed E-state index contributed by atoms with van der Waals surface area (Å²) < 4.78 is 0. The van der Waals surface area contributed by atoms with E-state index in [1.54, 1.807) is 0 Å². The topological polar surface area (TPSA) is 24.9 Å². The second-order valence-corrected chi connectivity index (χ2v) is 4.39. The Bertz CT molecular complexity index is 327. The zero-order chi connectivity index (χ0) is 10.1. The molecule has 0 saturated heterocycles. The van der Waals surface area contributed by atoms with Gasteiger partial charge in [-0.25, -0.2) is 4.98 Å². The van der Waals surface area contributed by atoms with Crippen molar-refractivity contribution in [2.75, 3.05) is 12.4 Å². The van der Waals surface area contributed by atoms with E-state index < -0.39 is 0 Å². The predicted molar refractivity (Wildman–Crippen MR) is 59.8 cm³/mol. The molecule has 0 aromatic carbocycles. The number of hydrogen-bond acceptors (Lipinski definition) is 2. The monoisotopic (exact) mass is 190 g/mol. The maximum Gasteiger partial charge on any atom is 0.129 e. The van der Waals surface area contributed by atoms with Crippen LogP contribution in [0.1, 0.15) is 49.7 Å². The first-order chi connectivity index (χ1) is 6.72. The van der Waals surface area contributed by atoms with Crippen molar-refractivity contribution < 1.29 is 0 Å². The van der Waals surface area contributed by atoms with Crippen LogP contribution in [0.25, 0.3) is 0 Å². The van der Waals surface area contributed by atoms with Crippen LogP contribution in [-0.4, -0.2) is 12.0 Å². The standard InChI is InChI=1S/C12H18N2/c1-8(2)11-6-10(9-4-5-9)7-14-12(11)13-3/h6-9H,4-5H2,1-3H3,(H,13,14). The lowest BCUT2D eigenvalue weighted by Crippen LogP contribution is -2.01. The zero-order valence-corrected chi connectivity index (χ0v) is 9.17. The van der Waals surface area contributed by atoms with Gasteiger partial charge in [-0.3, -0.25) is 0 Å². The molecule has 2 rings (SSSR count). The molecule has 1 heterocycles. The van der Waals surface area contributed by atoms with Crippen molar-refractivity contribution in [3.63, 3.8) is 0 Å². The summed E-state index contributed by atoms with van der Waals surface area (Å²) in [6, 6.07) is 2.32. The minimum Gasteiger partial charge on any atom is -0.373 e. The third-order valence-electron chi connectivity index (χ3n) is 2.85. The molecule has 1 aliphatic carbocycles. The molecule has 0 spiro atoms. The number of nitrogens with zero attached hydrogens (tertiary/aromatic N) is 1. The largest absolute Gasteiger partial charge is 0.373 e. The van der Waals surface area contributed by atoms with Crippen LogP contribution < -0.4 is 5.32 Å². The van der Waals surface area contributed by atoms with Crippen molar-refractivity contribution >= 4 is 5.82 Å². The predicted octanol–water partition coefficient (Wildman–Crippen LogP) is 3.12. The summed E-state index contributed by atoms with van der Waals surface area (Å²) >= 11 is 0. The molecular weight excluding hydrogens is 172 g/mol. The Labute approximate surface area is 85.7 Å². The van der Waals surface area contributed by atoms with Crippen LogP contribution >= 0.6 is 0 Å². The van der Waals surface area contributed by atoms with Gasteiger partial charge in [0.15, 0.2) is 0 Å². The normalized spacial score (nSPS) is 16.0. The third-order valence-corrected chi connectivity index (χ3v) is 2.85. The van der Waals surface area contributed by atoms with E-state index >= 15 is 0 Å². The minimum absolute atomic E-state index is 0.545. The fraction of sp³-hybridized carbons (Fsp3) is 0.583. The van der Waals surface area contributed by atoms with Crippen LogP contribution in [0.15, 0.2) is 12.3 Å². The molecule has 0 radical (unpaired) electrons. The van der Waals surface area contributed by atoms with Gasteiger partial charge in [0, 0.05) is 13.2 Å². The van der Waals surface area contributed by atoms with Crippen molar-refractivity contribution in [3.8, 4) is 0 Å². The third kappa shape index (κ3) is 1.74. The fourth-order valence-electron chi connectivity index (χ4n) is 1.79. The van der Waals surface area contributed by atoms with E-state index in [9.17, 15) is 0 Å². The molecule has 1 aromatic heterocycles. The summed E-state index contributed by atoms with van der Waals surface area (Å²) in [4.78, 5) is 4.47. The summed E-state index contributed by atoms with van der Waals surface area (Å²) in [6.07, 6.45) is 4.71. The molecule has 0 amide bonds. The highest BCUT2D eigenvalue weighted by Crippen LogP contribution is 2.41. The molecule has 0 unspecified atom stereocenters. The highest BCUT2D eigenvalue weighted by molar-refractivity contribution is 5.47. The van der Waals surface area contributed by atoms with E-state index in [0.29, 0.717) is 5.92 Å². The van der Waals surface area contributed by atoms with Gasteiger partial charge in [0.05, 0.1) is 0 Å². The molecule has 14 heavy (non-hydrogen) atoms. The molecule has 2 heteroatoms. The molecule has 1 aliphatic rings. The van der Waals surface area contributed by atoms with Crippen LogP contribution in [0, 0.1) is 0 Å². The van der Waals surface area contributed by atoms with E-state index in [4.69, 9.17) is 0 Å². The quantitative estimate of drug-likeness (QED) is 0.792. The Hall–Kier alpha value is -1.05. The SMILES string of the molecule is CNc1ncc(C2CC2)cc1C(C)C. The number of nitrogens with one attached hydrogen (secondary N) is 1. The van der Waals surface area contributed by atoms with Crippen LogP contribution in [0.3, 0.4) is 0 Å². The van der Waals surface area contributed by atoms with Gasteiger partial charge < -0.3 is 5.32 Å². The maximum atomic E-state index is 4.47. The van der Waals surface area contributed by atoms with Gasteiger partial charge in [-0.15, -0.1) is 0 Å². The maximum absolute atomic E-state index is 4.47. The smallest absolute Gasteiger partial charge is 0.129 e. The van der Waals surface area contributed by atoms with Crippen LogP contribution in [0.4, 0.5) is 5.82 Å². The Morgan fingerprint density at radius 1 is 1.43 bits per heavy atom. The number of aromatic nitrogens is 1. The molecule has 0 atom stereocenters. The summed E-state index contributed by atoms with van der Waals surface area (Å²) in [5.74, 6) is 2.37. The van der Waals surface area contributed by atoms with E-state index in [1.807, 2.05) is 13.2 Å². The molecule has 1 N–H and O–H groups in total. The lowest BCUT2D eigenvalue weighted by atomic mass is 10.0. The Kier molecular flexibility index (Phi) is 2.44. The summed E-state index contributed by atoms with van der Waals surface area (Å²) in [5, 5.41) is 3.15. The van der Waals surface area contributed by atoms with Crippen LogP contribution in [0.2, 0.25) is 0 Å². The highest BCUT2D eigenvalue weighted by Gasteiger charge is 2.24. The van der Waals surface area contributed by atoms with E-state index in [-0.39, 0.29) is 0 Å². The van der Waals surface area contributed by atoms with Gasteiger partial charge in [-0.2, -0.15) is 0 Å². The van der Waals surface area contributed by atoms with Gasteiger partial charge >= 0.3 is 0 Å². The van der Waals surface area contributed by atoms with Crippen molar-refractivity contribution in [2.24, 2.45) is 0 Å². The highest BCUT2D eigenvalue weighted by atomic mass is 15.0. The Morgan fingerprint density at radius 2 is 2.14 bits per heavy atom. The number of rotatable bonds is 3. The number of pyridine rings is 1. The first-order valence-corrected chi connectivity index (χ1v) is 5.40. The molecule has 1 fully saturated rings. The van der Waals surface area contributed by atoms with Crippen molar-refractivity contribution in [3.05, 3.63) is 23.4 Å². The molecule has 0 aliphatic heterocycles. The molecule has 1 aromatic rings. The Morgan fingerprint density at radius 3 is 2.64 bits per heavy atom. The number of anilines is 1. The average Bonchev–Trinajstić information content (AvgIpc) is 3.00. The van der Waals surface area contributed by atoms with Gasteiger partial charge in [0.1, 0.15) is 5.82 Å². The van der Waals surface area contributed by atoms with Crippen LogP contribution in [-0.2, 0) is 0 Å². The molecule has 0 bridgehead atoms. The molecule has 1 saturated carbocycles. The summed E-state index contributed by atoms with van der Waals surface area (Å²) in [6.45, 7) is 4.43. The van der Waals surface area contributed by atoms with E-state index in [2.05, 4.69) is 30.2 Å². The van der Waals surface area contributed by atoms with Gasteiger partial charge in [0.2, 0.25) is 0 Å². The summed E-state index contributed by atoms with van der Waals surface area (Å²) in [5.41, 5.74) is 2.77. The van der Waals surface area contributed by atoms with E-state index in [1.165, 1.54) is 24.0 Å². The van der Waals surface area contributed by atoms with Gasteiger partial charge in [-0.05, 0) is 35.8 Å². The Balaban J connectivity index is 2.35. The zero-order valence-electron chi connectivity index (χ0n) is 9.17. The van der Waals surface area contributed by atoms with Crippen LogP contribution in [0.5, 0.6) is 0 Å². The van der Waals surface area contributed by atoms with E-state index in [0.717, 1.165) is 11.7 Å². The van der Waals surface area contributed by atoms with Crippen molar-refractivity contribution in [1.29, 1.82) is 0 Å². The minimum atomic E-state index is 0.545. The lowest BCUT2D eigenvalue weighted by molar-refractivity contribution is 0.854. The molecule has 2 nitrogen and oxygen atoms in total. The second kappa shape index (κ2) is 3.60. The van der Waals surface area contributed by atoms with Crippen molar-refractivity contribution in [2.45, 2.75) is 38.5 Å². The summed E-state index contributed by atoms with van der Waals surface area (Å²) in [7, 11) is 1.94. The average molecular weight is 190 g/mol. The number of hydrogen-bond donors (Lipinski definition) is 1. The van der Waals surface area contributed by atoms with Gasteiger partial charge in [-0.1, -0.05) is 19.9 Å². The second-order valence-electron chi connectivity index (χ2n) is 4.39. The fourth-order valence-corrected chi connectivity index (χ4v) is 1.79. The lowest BCUT2D eigenvalue weighted by Gasteiger charge is -2.12. The van der Waals surface area contributed by atoms with Gasteiger partial charge in [0.25, 0.3) is 0 Å². The molecule has 76 valence electrons. The first kappa shape index (κ1) is 9.50.